The Morgan fingerprint density at radius 3 is 1.04 bits per heavy atom. The summed E-state index contributed by atoms with van der Waals surface area (Å²) < 4.78 is 5.45. The zero-order valence-corrected chi connectivity index (χ0v) is 45.9. The van der Waals surface area contributed by atoms with E-state index >= 15 is 0 Å². The van der Waals surface area contributed by atoms with E-state index in [1.165, 1.54) is 225 Å². The molecule has 2 unspecified atom stereocenters. The second kappa shape index (κ2) is 57.9. The summed E-state index contributed by atoms with van der Waals surface area (Å²) in [7, 11) is 0. The van der Waals surface area contributed by atoms with Gasteiger partial charge in [-0.05, 0) is 77.0 Å². The minimum atomic E-state index is -0.687. The number of hydrogen-bond donors (Lipinski definition) is 3. The molecule has 0 aliphatic carbocycles. The second-order valence-corrected chi connectivity index (χ2v) is 21.0. The number of rotatable bonds is 57. The largest absolute Gasteiger partial charge is 0.466 e. The first-order valence-electron chi connectivity index (χ1n) is 30.6. The molecule has 402 valence electrons. The molecule has 0 rings (SSSR count). The van der Waals surface area contributed by atoms with E-state index in [1.807, 2.05) is 0 Å². The number of carbonyl (C=O) groups is 2. The first-order chi connectivity index (χ1) is 33.5. The number of carbonyl (C=O) groups excluding carboxylic acids is 2. The second-order valence-electron chi connectivity index (χ2n) is 21.0. The van der Waals surface area contributed by atoms with Gasteiger partial charge in [0.05, 0.1) is 25.4 Å². The molecule has 68 heavy (non-hydrogen) atoms. The summed E-state index contributed by atoms with van der Waals surface area (Å²) in [6.07, 6.45) is 70.4. The van der Waals surface area contributed by atoms with Crippen molar-refractivity contribution in [2.75, 3.05) is 13.2 Å². The van der Waals surface area contributed by atoms with Gasteiger partial charge >= 0.3 is 5.97 Å². The highest BCUT2D eigenvalue weighted by atomic mass is 16.5. The average Bonchev–Trinajstić information content (AvgIpc) is 3.34. The number of esters is 1. The predicted octanol–water partition coefficient (Wildman–Crippen LogP) is 19.0. The summed E-state index contributed by atoms with van der Waals surface area (Å²) in [4.78, 5) is 24.6. The molecule has 0 aromatic heterocycles. The van der Waals surface area contributed by atoms with Crippen LogP contribution in [0.5, 0.6) is 0 Å². The van der Waals surface area contributed by atoms with Crippen molar-refractivity contribution in [1.29, 1.82) is 0 Å². The van der Waals surface area contributed by atoms with E-state index in [9.17, 15) is 19.8 Å². The minimum absolute atomic E-state index is 0.0382. The normalized spacial score (nSPS) is 12.7. The summed E-state index contributed by atoms with van der Waals surface area (Å²) in [5, 5.41) is 23.3. The molecule has 6 nitrogen and oxygen atoms in total. The Bertz CT molecular complexity index is 1060. The third kappa shape index (κ3) is 53.7. The molecule has 0 radical (unpaired) electrons. The molecular formula is C62H119NO5. The molecule has 0 saturated heterocycles. The first-order valence-corrected chi connectivity index (χ1v) is 30.6. The van der Waals surface area contributed by atoms with Crippen LogP contribution in [-0.2, 0) is 14.3 Å². The van der Waals surface area contributed by atoms with Gasteiger partial charge in [0.1, 0.15) is 0 Å². The lowest BCUT2D eigenvalue weighted by molar-refractivity contribution is -0.143. The van der Waals surface area contributed by atoms with Crippen LogP contribution in [0.15, 0.2) is 24.3 Å². The van der Waals surface area contributed by atoms with Crippen LogP contribution in [0.1, 0.15) is 335 Å². The van der Waals surface area contributed by atoms with Crippen molar-refractivity contribution in [3.8, 4) is 0 Å². The fraction of sp³-hybridized carbons (Fsp3) is 0.903. The lowest BCUT2D eigenvalue weighted by Gasteiger charge is -2.22. The fourth-order valence-electron chi connectivity index (χ4n) is 9.51. The van der Waals surface area contributed by atoms with Crippen molar-refractivity contribution < 1.29 is 24.5 Å². The first kappa shape index (κ1) is 66.3. The van der Waals surface area contributed by atoms with Crippen molar-refractivity contribution >= 4 is 11.9 Å². The van der Waals surface area contributed by atoms with Gasteiger partial charge in [0.15, 0.2) is 0 Å². The Morgan fingerprint density at radius 2 is 0.691 bits per heavy atom. The molecule has 0 spiro atoms. The van der Waals surface area contributed by atoms with Crippen molar-refractivity contribution in [1.82, 2.24) is 5.32 Å². The van der Waals surface area contributed by atoms with Gasteiger partial charge < -0.3 is 20.3 Å². The Balaban J connectivity index is 3.49. The summed E-state index contributed by atoms with van der Waals surface area (Å²) in [6.45, 7) is 4.89. The summed E-state index contributed by atoms with van der Waals surface area (Å²) in [6, 6.07) is -0.568. The Morgan fingerprint density at radius 1 is 0.397 bits per heavy atom. The van der Waals surface area contributed by atoms with Crippen LogP contribution in [0, 0.1) is 0 Å². The van der Waals surface area contributed by atoms with Gasteiger partial charge in [0, 0.05) is 12.8 Å². The van der Waals surface area contributed by atoms with E-state index < -0.39 is 12.1 Å². The van der Waals surface area contributed by atoms with Gasteiger partial charge in [-0.3, -0.25) is 9.59 Å². The predicted molar refractivity (Wildman–Crippen MR) is 296 cm³/mol. The lowest BCUT2D eigenvalue weighted by atomic mass is 10.0. The standard InChI is InChI=1S/C62H119NO5/c1-3-5-7-9-11-13-15-17-19-21-23-24-25-26-27-28-30-32-34-38-42-46-50-54-60(65)59(58-64)63-61(66)55-51-47-43-39-36-37-41-45-49-53-57-68-62(67)56-52-48-44-40-35-33-31-29-22-20-18-16-14-12-10-8-6-4-2/h20,22,37,41,59-60,64-65H,3-19,21,23-36,38-40,42-58H2,1-2H3,(H,63,66)/b22-20-,41-37-. The molecule has 0 aliphatic heterocycles. The molecule has 0 aromatic rings. The zero-order chi connectivity index (χ0) is 49.3. The van der Waals surface area contributed by atoms with Gasteiger partial charge in [-0.15, -0.1) is 0 Å². The fourth-order valence-corrected chi connectivity index (χ4v) is 9.51. The molecule has 6 heteroatoms. The smallest absolute Gasteiger partial charge is 0.305 e. The maximum atomic E-state index is 12.5. The van der Waals surface area contributed by atoms with Crippen LogP contribution < -0.4 is 5.32 Å². The quantitative estimate of drug-likeness (QED) is 0.0321. The molecule has 0 heterocycles. The molecular weight excluding hydrogens is 839 g/mol. The van der Waals surface area contributed by atoms with Gasteiger partial charge in [-0.25, -0.2) is 0 Å². The highest BCUT2D eigenvalue weighted by Crippen LogP contribution is 2.18. The maximum Gasteiger partial charge on any atom is 0.305 e. The molecule has 3 N–H and O–H groups in total. The van der Waals surface area contributed by atoms with E-state index in [0.717, 1.165) is 77.0 Å². The number of aliphatic hydroxyl groups excluding tert-OH is 2. The molecule has 1 amide bonds. The summed E-state index contributed by atoms with van der Waals surface area (Å²) in [5.74, 6) is -0.106. The minimum Gasteiger partial charge on any atom is -0.466 e. The number of unbranched alkanes of at least 4 members (excludes halogenated alkanes) is 42. The van der Waals surface area contributed by atoms with Gasteiger partial charge in [-0.1, -0.05) is 269 Å². The summed E-state index contributed by atoms with van der Waals surface area (Å²) >= 11 is 0. The molecule has 0 fully saturated rings. The number of ether oxygens (including phenoxy) is 1. The van der Waals surface area contributed by atoms with E-state index in [-0.39, 0.29) is 18.5 Å². The molecule has 2 atom stereocenters. The Hall–Kier alpha value is -1.66. The van der Waals surface area contributed by atoms with Crippen molar-refractivity contribution in [3.63, 3.8) is 0 Å². The third-order valence-corrected chi connectivity index (χ3v) is 14.2. The van der Waals surface area contributed by atoms with Crippen LogP contribution in [0.2, 0.25) is 0 Å². The van der Waals surface area contributed by atoms with Gasteiger partial charge in [0.2, 0.25) is 5.91 Å². The van der Waals surface area contributed by atoms with Crippen molar-refractivity contribution in [2.24, 2.45) is 0 Å². The average molecular weight is 959 g/mol. The highest BCUT2D eigenvalue weighted by molar-refractivity contribution is 5.76. The van der Waals surface area contributed by atoms with Crippen LogP contribution in [0.25, 0.3) is 0 Å². The van der Waals surface area contributed by atoms with E-state index in [2.05, 4.69) is 43.5 Å². The van der Waals surface area contributed by atoms with Crippen LogP contribution in [-0.4, -0.2) is 47.4 Å². The van der Waals surface area contributed by atoms with Crippen LogP contribution in [0.3, 0.4) is 0 Å². The van der Waals surface area contributed by atoms with Crippen molar-refractivity contribution in [3.05, 3.63) is 24.3 Å². The van der Waals surface area contributed by atoms with E-state index in [0.29, 0.717) is 25.9 Å². The molecule has 0 bridgehead atoms. The number of amides is 1. The number of allylic oxidation sites excluding steroid dienone is 4. The molecule has 0 saturated carbocycles. The zero-order valence-electron chi connectivity index (χ0n) is 45.9. The Kier molecular flexibility index (Phi) is 56.5. The Labute approximate surface area is 424 Å². The molecule has 0 aromatic carbocycles. The monoisotopic (exact) mass is 958 g/mol. The number of aliphatic hydroxyl groups is 2. The van der Waals surface area contributed by atoms with E-state index in [1.54, 1.807) is 0 Å². The lowest BCUT2D eigenvalue weighted by Crippen LogP contribution is -2.45. The summed E-state index contributed by atoms with van der Waals surface area (Å²) in [5.41, 5.74) is 0. The maximum absolute atomic E-state index is 12.5. The van der Waals surface area contributed by atoms with E-state index in [4.69, 9.17) is 4.74 Å². The topological polar surface area (TPSA) is 95.9 Å². The van der Waals surface area contributed by atoms with Crippen LogP contribution in [0.4, 0.5) is 0 Å². The van der Waals surface area contributed by atoms with Crippen molar-refractivity contribution in [2.45, 2.75) is 347 Å². The molecule has 0 aliphatic rings. The number of hydrogen-bond acceptors (Lipinski definition) is 5. The SMILES string of the molecule is CCCCCCCCC/C=C\CCCCCCCCCC(=O)OCCCC/C=C\CCCCCCC(=O)NC(CO)C(O)CCCCCCCCCCCCCCCCCCCCCCCCC. The highest BCUT2D eigenvalue weighted by Gasteiger charge is 2.20. The third-order valence-electron chi connectivity index (χ3n) is 14.2. The number of nitrogens with one attached hydrogen (secondary N) is 1. The van der Waals surface area contributed by atoms with Crippen LogP contribution >= 0.6 is 0 Å². The van der Waals surface area contributed by atoms with Gasteiger partial charge in [0.25, 0.3) is 0 Å². The van der Waals surface area contributed by atoms with Gasteiger partial charge in [-0.2, -0.15) is 0 Å².